The number of methoxy groups -OCH3 is 1. The van der Waals surface area contributed by atoms with E-state index in [4.69, 9.17) is 10.5 Å². The molecule has 2 amide bonds. The Hall–Kier alpha value is -1.71. The Morgan fingerprint density at radius 3 is 2.71 bits per heavy atom. The van der Waals surface area contributed by atoms with E-state index in [-0.39, 0.29) is 0 Å². The second-order valence-corrected chi connectivity index (χ2v) is 4.01. The van der Waals surface area contributed by atoms with Gasteiger partial charge in [-0.2, -0.15) is 0 Å². The fraction of sp³-hybridized carbons (Fsp3) is 0.462. The summed E-state index contributed by atoms with van der Waals surface area (Å²) in [5, 5.41) is 0. The molecule has 0 saturated heterocycles. The van der Waals surface area contributed by atoms with E-state index in [2.05, 4.69) is 19.1 Å². The highest BCUT2D eigenvalue weighted by atomic mass is 16.5. The molecule has 0 atom stereocenters. The van der Waals surface area contributed by atoms with Crippen molar-refractivity contribution in [1.82, 2.24) is 4.90 Å². The van der Waals surface area contributed by atoms with E-state index in [1.165, 1.54) is 10.5 Å². The number of primary amides is 1. The predicted molar refractivity (Wildman–Crippen MR) is 68.3 cm³/mol. The number of carbonyl (C=O) groups excluding carboxylic acids is 1. The zero-order chi connectivity index (χ0) is 12.8. The summed E-state index contributed by atoms with van der Waals surface area (Å²) >= 11 is 0. The topological polar surface area (TPSA) is 55.6 Å². The third-order valence-electron chi connectivity index (χ3n) is 2.85. The van der Waals surface area contributed by atoms with Crippen molar-refractivity contribution < 1.29 is 9.53 Å². The van der Waals surface area contributed by atoms with Gasteiger partial charge in [0, 0.05) is 13.6 Å². The van der Waals surface area contributed by atoms with Crippen LogP contribution < -0.4 is 10.5 Å². The Kier molecular flexibility index (Phi) is 4.82. The summed E-state index contributed by atoms with van der Waals surface area (Å²) in [4.78, 5) is 12.4. The quantitative estimate of drug-likeness (QED) is 0.847. The molecule has 0 heterocycles. The number of amides is 2. The number of carbonyl (C=O) groups is 1. The molecule has 1 aromatic carbocycles. The molecular formula is C13H20N2O2. The lowest BCUT2D eigenvalue weighted by molar-refractivity contribution is 0.219. The van der Waals surface area contributed by atoms with Crippen LogP contribution in [0, 0.1) is 0 Å². The zero-order valence-corrected chi connectivity index (χ0v) is 10.7. The second kappa shape index (κ2) is 6.13. The van der Waals surface area contributed by atoms with Gasteiger partial charge in [-0.1, -0.05) is 19.1 Å². The van der Waals surface area contributed by atoms with E-state index in [1.807, 2.05) is 6.07 Å². The van der Waals surface area contributed by atoms with Crippen LogP contribution in [0.1, 0.15) is 18.1 Å². The molecule has 0 aliphatic heterocycles. The Balaban J connectivity index is 2.77. The van der Waals surface area contributed by atoms with Gasteiger partial charge in [-0.25, -0.2) is 4.79 Å². The van der Waals surface area contributed by atoms with Gasteiger partial charge in [-0.15, -0.1) is 0 Å². The summed E-state index contributed by atoms with van der Waals surface area (Å²) < 4.78 is 5.30. The van der Waals surface area contributed by atoms with Crippen molar-refractivity contribution in [3.8, 4) is 5.75 Å². The van der Waals surface area contributed by atoms with Crippen LogP contribution in [0.4, 0.5) is 4.79 Å². The standard InChI is InChI=1S/C13H20N2O2/c1-4-10-5-6-12(17-3)11(9-10)7-8-15(2)13(14)16/h5-6,9H,4,7-8H2,1-3H3,(H2,14,16). The van der Waals surface area contributed by atoms with E-state index >= 15 is 0 Å². The smallest absolute Gasteiger partial charge is 0.314 e. The van der Waals surface area contributed by atoms with Crippen LogP contribution in [0.2, 0.25) is 0 Å². The molecule has 0 bridgehead atoms. The molecule has 0 fully saturated rings. The van der Waals surface area contributed by atoms with Crippen molar-refractivity contribution in [1.29, 1.82) is 0 Å². The number of ether oxygens (including phenoxy) is 1. The molecule has 4 heteroatoms. The van der Waals surface area contributed by atoms with Crippen LogP contribution in [-0.2, 0) is 12.8 Å². The first kappa shape index (κ1) is 13.4. The number of urea groups is 1. The molecule has 0 spiro atoms. The van der Waals surface area contributed by atoms with Crippen LogP contribution in [-0.4, -0.2) is 31.6 Å². The molecule has 0 aliphatic rings. The number of hydrogen-bond donors (Lipinski definition) is 1. The van der Waals surface area contributed by atoms with E-state index in [0.717, 1.165) is 24.2 Å². The molecule has 0 radical (unpaired) electrons. The van der Waals surface area contributed by atoms with Crippen molar-refractivity contribution in [2.24, 2.45) is 5.73 Å². The van der Waals surface area contributed by atoms with Crippen LogP contribution in [0.25, 0.3) is 0 Å². The maximum Gasteiger partial charge on any atom is 0.314 e. The lowest BCUT2D eigenvalue weighted by atomic mass is 10.1. The van der Waals surface area contributed by atoms with Crippen LogP contribution >= 0.6 is 0 Å². The monoisotopic (exact) mass is 236 g/mol. The van der Waals surface area contributed by atoms with Crippen molar-refractivity contribution in [2.75, 3.05) is 20.7 Å². The first-order chi connectivity index (χ1) is 8.08. The van der Waals surface area contributed by atoms with Gasteiger partial charge in [0.15, 0.2) is 0 Å². The van der Waals surface area contributed by atoms with Gasteiger partial charge >= 0.3 is 6.03 Å². The first-order valence-electron chi connectivity index (χ1n) is 5.74. The molecule has 1 rings (SSSR count). The summed E-state index contributed by atoms with van der Waals surface area (Å²) in [6.07, 6.45) is 1.74. The minimum absolute atomic E-state index is 0.407. The SMILES string of the molecule is CCc1ccc(OC)c(CCN(C)C(N)=O)c1. The number of nitrogens with two attached hydrogens (primary N) is 1. The van der Waals surface area contributed by atoms with Crippen molar-refractivity contribution in [2.45, 2.75) is 19.8 Å². The average molecular weight is 236 g/mol. The van der Waals surface area contributed by atoms with Crippen LogP contribution in [0.15, 0.2) is 18.2 Å². The van der Waals surface area contributed by atoms with Gasteiger partial charge in [0.2, 0.25) is 0 Å². The third-order valence-corrected chi connectivity index (χ3v) is 2.85. The maximum absolute atomic E-state index is 10.9. The van der Waals surface area contributed by atoms with Gasteiger partial charge in [-0.05, 0) is 30.0 Å². The number of benzene rings is 1. The Morgan fingerprint density at radius 2 is 2.18 bits per heavy atom. The van der Waals surface area contributed by atoms with Crippen LogP contribution in [0.3, 0.4) is 0 Å². The van der Waals surface area contributed by atoms with Crippen molar-refractivity contribution in [3.05, 3.63) is 29.3 Å². The summed E-state index contributed by atoms with van der Waals surface area (Å²) in [5.74, 6) is 0.861. The van der Waals surface area contributed by atoms with Crippen LogP contribution in [0.5, 0.6) is 5.75 Å². The molecule has 1 aromatic rings. The van der Waals surface area contributed by atoms with Gasteiger partial charge in [0.1, 0.15) is 5.75 Å². The zero-order valence-electron chi connectivity index (χ0n) is 10.7. The predicted octanol–water partition coefficient (Wildman–Crippen LogP) is 1.81. The molecule has 94 valence electrons. The van der Waals surface area contributed by atoms with Gasteiger partial charge in [0.25, 0.3) is 0 Å². The Labute approximate surface area is 102 Å². The molecular weight excluding hydrogens is 216 g/mol. The molecule has 0 aromatic heterocycles. The number of aryl methyl sites for hydroxylation is 1. The highest BCUT2D eigenvalue weighted by Crippen LogP contribution is 2.20. The average Bonchev–Trinajstić information content (AvgIpc) is 2.35. The first-order valence-corrected chi connectivity index (χ1v) is 5.74. The van der Waals surface area contributed by atoms with Crippen molar-refractivity contribution in [3.63, 3.8) is 0 Å². The van der Waals surface area contributed by atoms with E-state index in [9.17, 15) is 4.79 Å². The second-order valence-electron chi connectivity index (χ2n) is 4.01. The lowest BCUT2D eigenvalue weighted by Crippen LogP contribution is -2.33. The van der Waals surface area contributed by atoms with E-state index in [0.29, 0.717) is 6.54 Å². The largest absolute Gasteiger partial charge is 0.496 e. The number of likely N-dealkylation sites (N-methyl/N-ethyl adjacent to an activating group) is 1. The molecule has 0 aliphatic carbocycles. The number of hydrogen-bond acceptors (Lipinski definition) is 2. The van der Waals surface area contributed by atoms with E-state index in [1.54, 1.807) is 14.2 Å². The fourth-order valence-electron chi connectivity index (χ4n) is 1.65. The molecule has 4 nitrogen and oxygen atoms in total. The van der Waals surface area contributed by atoms with Gasteiger partial charge in [0.05, 0.1) is 7.11 Å². The van der Waals surface area contributed by atoms with Gasteiger partial charge < -0.3 is 15.4 Å². The Bertz CT molecular complexity index is 391. The minimum atomic E-state index is -0.407. The summed E-state index contributed by atoms with van der Waals surface area (Å²) in [6.45, 7) is 2.71. The summed E-state index contributed by atoms with van der Waals surface area (Å²) in [7, 11) is 3.35. The molecule has 2 N–H and O–H groups in total. The minimum Gasteiger partial charge on any atom is -0.496 e. The summed E-state index contributed by atoms with van der Waals surface area (Å²) in [6, 6.07) is 5.74. The normalized spacial score (nSPS) is 10.1. The highest BCUT2D eigenvalue weighted by molar-refractivity contribution is 5.71. The Morgan fingerprint density at radius 1 is 1.47 bits per heavy atom. The van der Waals surface area contributed by atoms with Crippen molar-refractivity contribution >= 4 is 6.03 Å². The number of rotatable bonds is 5. The number of nitrogens with zero attached hydrogens (tertiary/aromatic N) is 1. The van der Waals surface area contributed by atoms with Gasteiger partial charge in [-0.3, -0.25) is 0 Å². The lowest BCUT2D eigenvalue weighted by Gasteiger charge is -2.16. The maximum atomic E-state index is 10.9. The third kappa shape index (κ3) is 3.66. The summed E-state index contributed by atoms with van der Waals surface area (Å²) in [5.41, 5.74) is 7.56. The molecule has 0 saturated carbocycles. The van der Waals surface area contributed by atoms with E-state index < -0.39 is 6.03 Å². The highest BCUT2D eigenvalue weighted by Gasteiger charge is 2.07. The molecule has 17 heavy (non-hydrogen) atoms. The molecule has 0 unspecified atom stereocenters. The fourth-order valence-corrected chi connectivity index (χ4v) is 1.65.